The predicted octanol–water partition coefficient (Wildman–Crippen LogP) is 5.11. The number of Topliss-reactive ketones (excluding diaryl/α,β-unsaturated/α-hetero) is 1. The average molecular weight is 265 g/mol. The van der Waals surface area contributed by atoms with Crippen LogP contribution in [0, 0.1) is 19.8 Å². The van der Waals surface area contributed by atoms with Crippen LogP contribution in [0.2, 0.25) is 5.02 Å². The lowest BCUT2D eigenvalue weighted by molar-refractivity contribution is 0.0973. The van der Waals surface area contributed by atoms with E-state index >= 15 is 0 Å². The summed E-state index contributed by atoms with van der Waals surface area (Å²) in [5.41, 5.74) is 2.83. The Hall–Kier alpha value is -0.820. The zero-order valence-corrected chi connectivity index (χ0v) is 12.0. The van der Waals surface area contributed by atoms with Gasteiger partial charge in [0, 0.05) is 17.0 Å². The van der Waals surface area contributed by atoms with Crippen molar-refractivity contribution in [1.29, 1.82) is 0 Å². The van der Waals surface area contributed by atoms with Gasteiger partial charge in [0.05, 0.1) is 0 Å². The van der Waals surface area contributed by atoms with E-state index in [-0.39, 0.29) is 5.78 Å². The van der Waals surface area contributed by atoms with Crippen LogP contribution in [-0.4, -0.2) is 5.78 Å². The third kappa shape index (κ3) is 3.14. The van der Waals surface area contributed by atoms with Gasteiger partial charge in [0.25, 0.3) is 0 Å². The van der Waals surface area contributed by atoms with Crippen LogP contribution in [0.4, 0.5) is 0 Å². The van der Waals surface area contributed by atoms with Crippen molar-refractivity contribution < 1.29 is 4.79 Å². The van der Waals surface area contributed by atoms with E-state index in [2.05, 4.69) is 0 Å². The van der Waals surface area contributed by atoms with E-state index in [0.717, 1.165) is 34.1 Å². The fraction of sp³-hybridized carbons (Fsp3) is 0.562. The third-order valence-corrected chi connectivity index (χ3v) is 4.61. The molecule has 0 N–H and O–H groups in total. The normalized spacial score (nSPS) is 16.2. The Morgan fingerprint density at radius 1 is 1.22 bits per heavy atom. The molecule has 0 atom stereocenters. The van der Waals surface area contributed by atoms with Crippen LogP contribution >= 0.6 is 11.6 Å². The number of benzene rings is 1. The van der Waals surface area contributed by atoms with Crippen LogP contribution in [0.3, 0.4) is 0 Å². The van der Waals surface area contributed by atoms with E-state index in [9.17, 15) is 4.79 Å². The van der Waals surface area contributed by atoms with Gasteiger partial charge in [0.2, 0.25) is 0 Å². The molecule has 0 aliphatic heterocycles. The highest BCUT2D eigenvalue weighted by Crippen LogP contribution is 2.29. The summed E-state index contributed by atoms with van der Waals surface area (Å²) in [7, 11) is 0. The molecule has 1 aromatic carbocycles. The van der Waals surface area contributed by atoms with Crippen molar-refractivity contribution in [2.45, 2.75) is 52.4 Å². The molecule has 0 unspecified atom stereocenters. The maximum atomic E-state index is 12.2. The number of hydrogen-bond donors (Lipinski definition) is 0. The number of ketones is 1. The molecule has 1 nitrogen and oxygen atoms in total. The van der Waals surface area contributed by atoms with Crippen LogP contribution in [0.1, 0.15) is 60.0 Å². The minimum Gasteiger partial charge on any atom is -0.294 e. The minimum absolute atomic E-state index is 0.268. The summed E-state index contributed by atoms with van der Waals surface area (Å²) in [5, 5.41) is 0.780. The van der Waals surface area contributed by atoms with E-state index in [1.165, 1.54) is 25.7 Å². The summed E-state index contributed by atoms with van der Waals surface area (Å²) in [6, 6.07) is 3.85. The second kappa shape index (κ2) is 5.88. The molecule has 1 fully saturated rings. The summed E-state index contributed by atoms with van der Waals surface area (Å²) in [4.78, 5) is 12.2. The first-order chi connectivity index (χ1) is 8.58. The number of aryl methyl sites for hydroxylation is 2. The lowest BCUT2D eigenvalue weighted by Gasteiger charge is -2.10. The maximum Gasteiger partial charge on any atom is 0.162 e. The SMILES string of the molecule is Cc1cc(C(=O)CCC2CCCC2)cc(C)c1Cl. The highest BCUT2D eigenvalue weighted by atomic mass is 35.5. The van der Waals surface area contributed by atoms with Gasteiger partial charge in [0.15, 0.2) is 5.78 Å². The number of carbonyl (C=O) groups is 1. The standard InChI is InChI=1S/C16H21ClO/c1-11-9-14(10-12(2)16(11)17)15(18)8-7-13-5-3-4-6-13/h9-10,13H,3-8H2,1-2H3. The molecule has 98 valence electrons. The van der Waals surface area contributed by atoms with E-state index in [1.807, 2.05) is 26.0 Å². The molecule has 0 radical (unpaired) electrons. The number of halogens is 1. The Morgan fingerprint density at radius 2 is 1.78 bits per heavy atom. The fourth-order valence-electron chi connectivity index (χ4n) is 2.89. The molecule has 2 rings (SSSR count). The second-order valence-electron chi connectivity index (χ2n) is 5.54. The highest BCUT2D eigenvalue weighted by molar-refractivity contribution is 6.32. The lowest BCUT2D eigenvalue weighted by Crippen LogP contribution is -2.04. The Balaban J connectivity index is 2.00. The number of rotatable bonds is 4. The molecule has 0 aromatic heterocycles. The molecule has 1 aliphatic carbocycles. The van der Waals surface area contributed by atoms with Crippen molar-refractivity contribution in [1.82, 2.24) is 0 Å². The number of carbonyl (C=O) groups excluding carboxylic acids is 1. The third-order valence-electron chi connectivity index (χ3n) is 4.01. The molecular formula is C16H21ClO. The van der Waals surface area contributed by atoms with Gasteiger partial charge in [-0.2, -0.15) is 0 Å². The first-order valence-corrected chi connectivity index (χ1v) is 7.25. The zero-order chi connectivity index (χ0) is 13.1. The predicted molar refractivity (Wildman–Crippen MR) is 76.4 cm³/mol. The van der Waals surface area contributed by atoms with E-state index < -0.39 is 0 Å². The van der Waals surface area contributed by atoms with Crippen LogP contribution in [-0.2, 0) is 0 Å². The second-order valence-corrected chi connectivity index (χ2v) is 5.91. The van der Waals surface area contributed by atoms with Crippen molar-refractivity contribution in [3.05, 3.63) is 33.8 Å². The van der Waals surface area contributed by atoms with E-state index in [1.54, 1.807) is 0 Å². The molecule has 0 bridgehead atoms. The van der Waals surface area contributed by atoms with Gasteiger partial charge in [-0.25, -0.2) is 0 Å². The molecule has 18 heavy (non-hydrogen) atoms. The van der Waals surface area contributed by atoms with Crippen LogP contribution in [0.15, 0.2) is 12.1 Å². The van der Waals surface area contributed by atoms with Gasteiger partial charge in [0.1, 0.15) is 0 Å². The van der Waals surface area contributed by atoms with Gasteiger partial charge in [-0.05, 0) is 49.4 Å². The molecule has 0 amide bonds. The van der Waals surface area contributed by atoms with Crippen molar-refractivity contribution in [2.24, 2.45) is 5.92 Å². The minimum atomic E-state index is 0.268. The van der Waals surface area contributed by atoms with E-state index in [4.69, 9.17) is 11.6 Å². The van der Waals surface area contributed by atoms with Gasteiger partial charge in [-0.1, -0.05) is 37.3 Å². The molecule has 1 aromatic rings. The lowest BCUT2D eigenvalue weighted by atomic mass is 9.96. The summed E-state index contributed by atoms with van der Waals surface area (Å²) in [5.74, 6) is 1.05. The Kier molecular flexibility index (Phi) is 4.45. The van der Waals surface area contributed by atoms with Gasteiger partial charge in [-0.15, -0.1) is 0 Å². The van der Waals surface area contributed by atoms with Gasteiger partial charge in [-0.3, -0.25) is 4.79 Å². The summed E-state index contributed by atoms with van der Waals surface area (Å²) < 4.78 is 0. The van der Waals surface area contributed by atoms with Crippen molar-refractivity contribution in [3.63, 3.8) is 0 Å². The molecule has 0 spiro atoms. The van der Waals surface area contributed by atoms with Crippen molar-refractivity contribution >= 4 is 17.4 Å². The topological polar surface area (TPSA) is 17.1 Å². The van der Waals surface area contributed by atoms with Crippen LogP contribution in [0.25, 0.3) is 0 Å². The summed E-state index contributed by atoms with van der Waals surface area (Å²) in [6.45, 7) is 3.92. The Morgan fingerprint density at radius 3 is 2.33 bits per heavy atom. The molecule has 0 heterocycles. The summed E-state index contributed by atoms with van der Waals surface area (Å²) >= 11 is 6.12. The highest BCUT2D eigenvalue weighted by Gasteiger charge is 2.17. The molecular weight excluding hydrogens is 244 g/mol. The Labute approximate surface area is 115 Å². The van der Waals surface area contributed by atoms with Crippen molar-refractivity contribution in [2.75, 3.05) is 0 Å². The van der Waals surface area contributed by atoms with Crippen molar-refractivity contribution in [3.8, 4) is 0 Å². The van der Waals surface area contributed by atoms with Crippen LogP contribution < -0.4 is 0 Å². The molecule has 1 aliphatic rings. The largest absolute Gasteiger partial charge is 0.294 e. The summed E-state index contributed by atoms with van der Waals surface area (Å²) in [6.07, 6.45) is 7.05. The first kappa shape index (κ1) is 13.6. The average Bonchev–Trinajstić information content (AvgIpc) is 2.85. The molecule has 1 saturated carbocycles. The van der Waals surface area contributed by atoms with E-state index in [0.29, 0.717) is 6.42 Å². The smallest absolute Gasteiger partial charge is 0.162 e. The Bertz CT molecular complexity index is 421. The van der Waals surface area contributed by atoms with Gasteiger partial charge < -0.3 is 0 Å². The van der Waals surface area contributed by atoms with Crippen LogP contribution in [0.5, 0.6) is 0 Å². The zero-order valence-electron chi connectivity index (χ0n) is 11.3. The van der Waals surface area contributed by atoms with Gasteiger partial charge >= 0.3 is 0 Å². The fourth-order valence-corrected chi connectivity index (χ4v) is 2.99. The molecule has 2 heteroatoms. The molecule has 0 saturated heterocycles. The maximum absolute atomic E-state index is 12.2. The first-order valence-electron chi connectivity index (χ1n) is 6.88. The number of hydrogen-bond acceptors (Lipinski definition) is 1. The quantitative estimate of drug-likeness (QED) is 0.691. The monoisotopic (exact) mass is 264 g/mol.